The van der Waals surface area contributed by atoms with Gasteiger partial charge in [0.2, 0.25) is 0 Å². The first-order valence-electron chi connectivity index (χ1n) is 5.87. The van der Waals surface area contributed by atoms with Gasteiger partial charge in [-0.3, -0.25) is 4.79 Å². The molecule has 0 aliphatic heterocycles. The Balaban J connectivity index is 2.13. The van der Waals surface area contributed by atoms with Crippen LogP contribution in [0.1, 0.15) is 17.4 Å². The summed E-state index contributed by atoms with van der Waals surface area (Å²) in [5.74, 6) is -0.126. The third kappa shape index (κ3) is 2.62. The number of benzene rings is 1. The van der Waals surface area contributed by atoms with Crippen LogP contribution in [-0.4, -0.2) is 29.1 Å². The van der Waals surface area contributed by atoms with E-state index in [1.54, 1.807) is 12.1 Å². The van der Waals surface area contributed by atoms with Crippen molar-refractivity contribution in [3.8, 4) is 0 Å². The van der Waals surface area contributed by atoms with E-state index in [2.05, 4.69) is 10.3 Å². The van der Waals surface area contributed by atoms with Crippen LogP contribution in [0.4, 0.5) is 5.69 Å². The molecule has 0 aliphatic carbocycles. The summed E-state index contributed by atoms with van der Waals surface area (Å²) in [5, 5.41) is 12.6. The fourth-order valence-corrected chi connectivity index (χ4v) is 1.70. The molecule has 2 aromatic rings. The molecule has 1 heterocycles. The molecule has 1 aromatic carbocycles. The molecular weight excluding hydrogens is 230 g/mol. The Morgan fingerprint density at radius 3 is 3.00 bits per heavy atom. The minimum atomic E-state index is -0.176. The van der Waals surface area contributed by atoms with E-state index < -0.39 is 0 Å². The number of nitrogens with two attached hydrogens (primary N) is 1. The molecule has 0 fully saturated rings. The van der Waals surface area contributed by atoms with Crippen molar-refractivity contribution < 1.29 is 9.90 Å². The lowest BCUT2D eigenvalue weighted by Gasteiger charge is -2.08. The van der Waals surface area contributed by atoms with Gasteiger partial charge in [-0.05, 0) is 30.2 Å². The summed E-state index contributed by atoms with van der Waals surface area (Å²) in [6, 6.07) is 7.22. The number of aliphatic hydroxyl groups excluding tert-OH is 1. The zero-order valence-corrected chi connectivity index (χ0v) is 10.2. The van der Waals surface area contributed by atoms with E-state index in [1.165, 1.54) is 0 Å². The second-order valence-electron chi connectivity index (χ2n) is 4.53. The van der Waals surface area contributed by atoms with Crippen LogP contribution in [-0.2, 0) is 0 Å². The van der Waals surface area contributed by atoms with Crippen LogP contribution < -0.4 is 11.1 Å². The zero-order valence-electron chi connectivity index (χ0n) is 10.2. The summed E-state index contributed by atoms with van der Waals surface area (Å²) in [7, 11) is 0. The highest BCUT2D eigenvalue weighted by atomic mass is 16.3. The minimum Gasteiger partial charge on any atom is -0.399 e. The highest BCUT2D eigenvalue weighted by molar-refractivity contribution is 5.98. The fraction of sp³-hybridized carbons (Fsp3) is 0.308. The van der Waals surface area contributed by atoms with Gasteiger partial charge in [0, 0.05) is 29.7 Å². The summed E-state index contributed by atoms with van der Waals surface area (Å²) in [6.45, 7) is 2.38. The number of nitrogens with one attached hydrogen (secondary N) is 2. The van der Waals surface area contributed by atoms with Gasteiger partial charge in [0.15, 0.2) is 0 Å². The van der Waals surface area contributed by atoms with Crippen molar-refractivity contribution in [2.75, 3.05) is 18.9 Å². The average molecular weight is 247 g/mol. The second-order valence-corrected chi connectivity index (χ2v) is 4.53. The molecule has 5 nitrogen and oxygen atoms in total. The van der Waals surface area contributed by atoms with Crippen molar-refractivity contribution in [3.05, 3.63) is 30.0 Å². The Hall–Kier alpha value is -2.01. The van der Waals surface area contributed by atoms with E-state index in [-0.39, 0.29) is 18.4 Å². The Labute approximate surface area is 105 Å². The van der Waals surface area contributed by atoms with Crippen molar-refractivity contribution in [2.45, 2.75) is 6.92 Å². The number of carbonyl (C=O) groups is 1. The van der Waals surface area contributed by atoms with E-state index in [9.17, 15) is 4.79 Å². The van der Waals surface area contributed by atoms with Crippen molar-refractivity contribution in [1.82, 2.24) is 10.3 Å². The predicted molar refractivity (Wildman–Crippen MR) is 71.3 cm³/mol. The molecule has 0 saturated carbocycles. The number of fused-ring (bicyclic) bond motifs is 1. The van der Waals surface area contributed by atoms with Crippen molar-refractivity contribution >= 4 is 22.5 Å². The monoisotopic (exact) mass is 247 g/mol. The lowest BCUT2D eigenvalue weighted by molar-refractivity contribution is 0.0938. The summed E-state index contributed by atoms with van der Waals surface area (Å²) in [5.41, 5.74) is 7.73. The number of aromatic amines is 1. The molecular formula is C13H17N3O2. The summed E-state index contributed by atoms with van der Waals surface area (Å²) in [6.07, 6.45) is 0. The van der Waals surface area contributed by atoms with Crippen LogP contribution in [0.5, 0.6) is 0 Å². The number of nitrogen functional groups attached to an aromatic ring is 1. The molecule has 5 heteroatoms. The van der Waals surface area contributed by atoms with Crippen LogP contribution in [0.25, 0.3) is 10.9 Å². The molecule has 96 valence electrons. The van der Waals surface area contributed by atoms with Gasteiger partial charge in [0.05, 0.1) is 0 Å². The molecule has 0 spiro atoms. The van der Waals surface area contributed by atoms with Gasteiger partial charge >= 0.3 is 0 Å². The molecule has 1 amide bonds. The highest BCUT2D eigenvalue weighted by Gasteiger charge is 2.10. The van der Waals surface area contributed by atoms with Gasteiger partial charge in [-0.1, -0.05) is 6.92 Å². The van der Waals surface area contributed by atoms with Crippen LogP contribution in [0.2, 0.25) is 0 Å². The van der Waals surface area contributed by atoms with Crippen LogP contribution >= 0.6 is 0 Å². The average Bonchev–Trinajstić information content (AvgIpc) is 2.78. The third-order valence-corrected chi connectivity index (χ3v) is 2.81. The first-order valence-corrected chi connectivity index (χ1v) is 5.87. The number of aromatic nitrogens is 1. The van der Waals surface area contributed by atoms with Gasteiger partial charge in [0.1, 0.15) is 5.69 Å². The summed E-state index contributed by atoms with van der Waals surface area (Å²) < 4.78 is 0. The van der Waals surface area contributed by atoms with Crippen LogP contribution in [0.3, 0.4) is 0 Å². The maximum absolute atomic E-state index is 11.9. The van der Waals surface area contributed by atoms with E-state index in [4.69, 9.17) is 10.8 Å². The topological polar surface area (TPSA) is 91.1 Å². The van der Waals surface area contributed by atoms with Crippen molar-refractivity contribution in [1.29, 1.82) is 0 Å². The van der Waals surface area contributed by atoms with Crippen LogP contribution in [0.15, 0.2) is 24.3 Å². The van der Waals surface area contributed by atoms with Crippen LogP contribution in [0, 0.1) is 5.92 Å². The normalized spacial score (nSPS) is 12.6. The molecule has 0 bridgehead atoms. The standard InChI is InChI=1S/C13H17N3O2/c1-8(7-17)6-15-13(18)12-5-9-4-10(14)2-3-11(9)16-12/h2-5,8,16-17H,6-7,14H2,1H3,(H,15,18). The maximum Gasteiger partial charge on any atom is 0.267 e. The molecule has 0 aliphatic rings. The lowest BCUT2D eigenvalue weighted by atomic mass is 10.2. The van der Waals surface area contributed by atoms with E-state index in [0.29, 0.717) is 17.9 Å². The van der Waals surface area contributed by atoms with Crippen molar-refractivity contribution in [2.24, 2.45) is 5.92 Å². The maximum atomic E-state index is 11.9. The Bertz CT molecular complexity index is 562. The molecule has 18 heavy (non-hydrogen) atoms. The number of amides is 1. The molecule has 5 N–H and O–H groups in total. The van der Waals surface area contributed by atoms with E-state index in [0.717, 1.165) is 10.9 Å². The number of rotatable bonds is 4. The lowest BCUT2D eigenvalue weighted by Crippen LogP contribution is -2.29. The second kappa shape index (κ2) is 5.10. The fourth-order valence-electron chi connectivity index (χ4n) is 1.70. The van der Waals surface area contributed by atoms with E-state index >= 15 is 0 Å². The van der Waals surface area contributed by atoms with Gasteiger partial charge in [-0.25, -0.2) is 0 Å². The predicted octanol–water partition coefficient (Wildman–Crippen LogP) is 1.11. The van der Waals surface area contributed by atoms with Gasteiger partial charge in [-0.15, -0.1) is 0 Å². The Kier molecular flexibility index (Phi) is 3.53. The Morgan fingerprint density at radius 2 is 2.28 bits per heavy atom. The molecule has 2 rings (SSSR count). The number of hydrogen-bond acceptors (Lipinski definition) is 3. The SMILES string of the molecule is CC(CO)CNC(=O)c1cc2cc(N)ccc2[nH]1. The number of anilines is 1. The minimum absolute atomic E-state index is 0.0500. The van der Waals surface area contributed by atoms with Gasteiger partial charge < -0.3 is 21.1 Å². The first kappa shape index (κ1) is 12.4. The largest absolute Gasteiger partial charge is 0.399 e. The number of H-pyrrole nitrogens is 1. The zero-order chi connectivity index (χ0) is 13.1. The number of aliphatic hydroxyl groups is 1. The smallest absolute Gasteiger partial charge is 0.267 e. The third-order valence-electron chi connectivity index (χ3n) is 2.81. The summed E-state index contributed by atoms with van der Waals surface area (Å²) in [4.78, 5) is 14.9. The van der Waals surface area contributed by atoms with Gasteiger partial charge in [0.25, 0.3) is 5.91 Å². The molecule has 1 atom stereocenters. The van der Waals surface area contributed by atoms with Crippen molar-refractivity contribution in [3.63, 3.8) is 0 Å². The Morgan fingerprint density at radius 1 is 1.50 bits per heavy atom. The quantitative estimate of drug-likeness (QED) is 0.610. The van der Waals surface area contributed by atoms with Gasteiger partial charge in [-0.2, -0.15) is 0 Å². The number of carbonyl (C=O) groups excluding carboxylic acids is 1. The molecule has 1 aromatic heterocycles. The summed E-state index contributed by atoms with van der Waals surface area (Å²) >= 11 is 0. The van der Waals surface area contributed by atoms with E-state index in [1.807, 2.05) is 19.1 Å². The molecule has 0 saturated heterocycles. The molecule has 0 radical (unpaired) electrons. The highest BCUT2D eigenvalue weighted by Crippen LogP contribution is 2.18. The molecule has 1 unspecified atom stereocenters. The number of hydrogen-bond donors (Lipinski definition) is 4. The first-order chi connectivity index (χ1) is 8.60.